The molecule has 0 bridgehead atoms. The summed E-state index contributed by atoms with van der Waals surface area (Å²) >= 11 is 0. The first-order valence-corrected chi connectivity index (χ1v) is 8.80. The molecule has 0 saturated heterocycles. The zero-order valence-corrected chi connectivity index (χ0v) is 15.1. The third-order valence-electron chi connectivity index (χ3n) is 4.45. The fraction of sp³-hybridized carbons (Fsp3) is 0.150. The van der Waals surface area contributed by atoms with Crippen LogP contribution in [0.4, 0.5) is 5.69 Å². The summed E-state index contributed by atoms with van der Waals surface area (Å²) < 4.78 is 1.11. The molecule has 1 aliphatic heterocycles. The Kier molecular flexibility index (Phi) is 4.44. The molecule has 2 aromatic carbocycles. The van der Waals surface area contributed by atoms with Gasteiger partial charge in [-0.15, -0.1) is 0 Å². The van der Waals surface area contributed by atoms with E-state index in [0.29, 0.717) is 22.4 Å². The van der Waals surface area contributed by atoms with Gasteiger partial charge in [0.15, 0.2) is 0 Å². The highest BCUT2D eigenvalue weighted by atomic mass is 16.2. The van der Waals surface area contributed by atoms with Crippen molar-refractivity contribution in [3.8, 4) is 0 Å². The minimum absolute atomic E-state index is 0.158. The summed E-state index contributed by atoms with van der Waals surface area (Å²) in [5.41, 5.74) is 3.50. The van der Waals surface area contributed by atoms with E-state index in [1.165, 1.54) is 5.01 Å². The number of fused-ring (bicyclic) bond motifs is 1. The Bertz CT molecular complexity index is 1170. The number of carbonyl (C=O) groups is 2. The van der Waals surface area contributed by atoms with Crippen LogP contribution in [0.2, 0.25) is 0 Å². The SMILES string of the molecule is Cc1nc2ccccc2c(=O)n1NC(=O)C1=NN(c2ccccc2)C(=O)CC1. The van der Waals surface area contributed by atoms with Crippen LogP contribution in [0.1, 0.15) is 18.7 Å². The highest BCUT2D eigenvalue weighted by Gasteiger charge is 2.26. The smallest absolute Gasteiger partial charge is 0.273 e. The quantitative estimate of drug-likeness (QED) is 0.757. The predicted octanol–water partition coefficient (Wildman–Crippen LogP) is 1.96. The van der Waals surface area contributed by atoms with E-state index in [9.17, 15) is 14.4 Å². The molecule has 0 atom stereocenters. The predicted molar refractivity (Wildman–Crippen MR) is 106 cm³/mol. The van der Waals surface area contributed by atoms with Gasteiger partial charge in [-0.1, -0.05) is 30.3 Å². The minimum Gasteiger partial charge on any atom is -0.273 e. The lowest BCUT2D eigenvalue weighted by Crippen LogP contribution is -2.42. The number of hydrogen-bond donors (Lipinski definition) is 1. The molecule has 140 valence electrons. The third-order valence-corrected chi connectivity index (χ3v) is 4.45. The van der Waals surface area contributed by atoms with Crippen molar-refractivity contribution in [3.63, 3.8) is 0 Å². The number of carbonyl (C=O) groups excluding carboxylic acids is 2. The maximum absolute atomic E-state index is 12.7. The molecule has 0 fully saturated rings. The van der Waals surface area contributed by atoms with Crippen LogP contribution in [0.5, 0.6) is 0 Å². The number of hydrazone groups is 1. The van der Waals surface area contributed by atoms with E-state index >= 15 is 0 Å². The molecule has 1 N–H and O–H groups in total. The van der Waals surface area contributed by atoms with E-state index in [4.69, 9.17) is 0 Å². The van der Waals surface area contributed by atoms with Gasteiger partial charge in [0, 0.05) is 12.8 Å². The van der Waals surface area contributed by atoms with Crippen LogP contribution in [-0.4, -0.2) is 27.2 Å². The van der Waals surface area contributed by atoms with Gasteiger partial charge in [-0.05, 0) is 31.2 Å². The average Bonchev–Trinajstić information content (AvgIpc) is 2.72. The second kappa shape index (κ2) is 7.07. The summed E-state index contributed by atoms with van der Waals surface area (Å²) in [5.74, 6) is -0.386. The van der Waals surface area contributed by atoms with Crippen molar-refractivity contribution in [2.75, 3.05) is 10.4 Å². The van der Waals surface area contributed by atoms with Crippen molar-refractivity contribution in [2.24, 2.45) is 5.10 Å². The monoisotopic (exact) mass is 375 g/mol. The summed E-state index contributed by atoms with van der Waals surface area (Å²) in [5, 5.41) is 5.82. The molecule has 28 heavy (non-hydrogen) atoms. The molecule has 2 amide bonds. The second-order valence-electron chi connectivity index (χ2n) is 6.35. The van der Waals surface area contributed by atoms with E-state index in [-0.39, 0.29) is 30.0 Å². The summed E-state index contributed by atoms with van der Waals surface area (Å²) in [4.78, 5) is 42.0. The number of aryl methyl sites for hydroxylation is 1. The van der Waals surface area contributed by atoms with Gasteiger partial charge in [-0.25, -0.2) is 14.7 Å². The molecule has 4 rings (SSSR count). The Hall–Kier alpha value is -3.81. The van der Waals surface area contributed by atoms with E-state index in [1.807, 2.05) is 6.07 Å². The molecule has 1 aromatic heterocycles. The zero-order valence-electron chi connectivity index (χ0n) is 15.1. The number of amides is 2. The van der Waals surface area contributed by atoms with Gasteiger partial charge in [0.25, 0.3) is 11.5 Å². The van der Waals surface area contributed by atoms with Crippen LogP contribution in [0.15, 0.2) is 64.5 Å². The molecule has 0 spiro atoms. The molecule has 1 aliphatic rings. The molecule has 3 aromatic rings. The fourth-order valence-electron chi connectivity index (χ4n) is 3.03. The van der Waals surface area contributed by atoms with Gasteiger partial charge in [0.2, 0.25) is 5.91 Å². The number of hydrogen-bond acceptors (Lipinski definition) is 5. The van der Waals surface area contributed by atoms with Gasteiger partial charge in [0.1, 0.15) is 11.5 Å². The lowest BCUT2D eigenvalue weighted by atomic mass is 10.1. The minimum atomic E-state index is -0.546. The number of para-hydroxylation sites is 2. The van der Waals surface area contributed by atoms with Crippen LogP contribution >= 0.6 is 0 Å². The number of rotatable bonds is 3. The summed E-state index contributed by atoms with van der Waals surface area (Å²) in [6.45, 7) is 1.64. The van der Waals surface area contributed by atoms with Crippen molar-refractivity contribution in [1.29, 1.82) is 0 Å². The van der Waals surface area contributed by atoms with Gasteiger partial charge in [-0.3, -0.25) is 19.8 Å². The Morgan fingerprint density at radius 2 is 1.71 bits per heavy atom. The Morgan fingerprint density at radius 3 is 2.50 bits per heavy atom. The molecule has 8 heteroatoms. The number of nitrogens with one attached hydrogen (secondary N) is 1. The molecule has 0 radical (unpaired) electrons. The number of benzene rings is 2. The average molecular weight is 375 g/mol. The van der Waals surface area contributed by atoms with E-state index in [2.05, 4.69) is 15.5 Å². The molecular weight excluding hydrogens is 358 g/mol. The van der Waals surface area contributed by atoms with E-state index < -0.39 is 5.91 Å². The van der Waals surface area contributed by atoms with Crippen molar-refractivity contribution in [3.05, 3.63) is 70.8 Å². The van der Waals surface area contributed by atoms with Crippen LogP contribution in [0.25, 0.3) is 10.9 Å². The molecular formula is C20H17N5O3. The first kappa shape index (κ1) is 17.6. The van der Waals surface area contributed by atoms with Gasteiger partial charge in [0.05, 0.1) is 16.6 Å². The Morgan fingerprint density at radius 1 is 1.00 bits per heavy atom. The topological polar surface area (TPSA) is 96.7 Å². The summed E-state index contributed by atoms with van der Waals surface area (Å²) in [6, 6.07) is 15.8. The van der Waals surface area contributed by atoms with E-state index in [1.54, 1.807) is 55.5 Å². The maximum atomic E-state index is 12.7. The number of anilines is 1. The van der Waals surface area contributed by atoms with Crippen molar-refractivity contribution < 1.29 is 9.59 Å². The Balaban J connectivity index is 1.66. The Labute approximate surface area is 160 Å². The van der Waals surface area contributed by atoms with Crippen LogP contribution < -0.4 is 16.0 Å². The summed E-state index contributed by atoms with van der Waals surface area (Å²) in [6.07, 6.45) is 0.355. The molecule has 2 heterocycles. The highest BCUT2D eigenvalue weighted by molar-refractivity contribution is 6.43. The highest BCUT2D eigenvalue weighted by Crippen LogP contribution is 2.19. The molecule has 8 nitrogen and oxygen atoms in total. The fourth-order valence-corrected chi connectivity index (χ4v) is 3.03. The van der Waals surface area contributed by atoms with Crippen molar-refractivity contribution in [1.82, 2.24) is 9.66 Å². The van der Waals surface area contributed by atoms with E-state index in [0.717, 1.165) is 4.68 Å². The maximum Gasteiger partial charge on any atom is 0.286 e. The number of nitrogens with zero attached hydrogens (tertiary/aromatic N) is 4. The first-order chi connectivity index (χ1) is 13.5. The standard InChI is InChI=1S/C20H17N5O3/c1-13-21-16-10-6-5-9-15(16)20(28)24(13)23-19(27)17-11-12-18(26)25(22-17)14-7-3-2-4-8-14/h2-10H,11-12H2,1H3,(H,23,27). The lowest BCUT2D eigenvalue weighted by molar-refractivity contribution is -0.118. The zero-order chi connectivity index (χ0) is 19.7. The molecule has 0 unspecified atom stereocenters. The van der Waals surface area contributed by atoms with Crippen molar-refractivity contribution >= 4 is 34.1 Å². The molecule has 0 aliphatic carbocycles. The normalized spacial score (nSPS) is 14.1. The number of aromatic nitrogens is 2. The lowest BCUT2D eigenvalue weighted by Gasteiger charge is -2.23. The third kappa shape index (κ3) is 3.16. The van der Waals surface area contributed by atoms with Crippen molar-refractivity contribution in [2.45, 2.75) is 19.8 Å². The second-order valence-corrected chi connectivity index (χ2v) is 6.35. The molecule has 0 saturated carbocycles. The van der Waals surface area contributed by atoms with Crippen LogP contribution in [-0.2, 0) is 9.59 Å². The van der Waals surface area contributed by atoms with Crippen LogP contribution in [0.3, 0.4) is 0 Å². The largest absolute Gasteiger partial charge is 0.286 e. The first-order valence-electron chi connectivity index (χ1n) is 8.80. The van der Waals surface area contributed by atoms with Crippen LogP contribution in [0, 0.1) is 6.92 Å². The van der Waals surface area contributed by atoms with Gasteiger partial charge in [-0.2, -0.15) is 5.10 Å². The summed E-state index contributed by atoms with van der Waals surface area (Å²) in [7, 11) is 0. The van der Waals surface area contributed by atoms with Gasteiger partial charge < -0.3 is 0 Å². The van der Waals surface area contributed by atoms with Gasteiger partial charge >= 0.3 is 0 Å².